The number of benzene rings is 2. The number of aliphatic hydroxyl groups is 1. The number of likely N-dealkylation sites (tertiary alicyclic amines) is 1. The van der Waals surface area contributed by atoms with E-state index in [4.69, 9.17) is 0 Å². The molecule has 3 aromatic rings. The van der Waals surface area contributed by atoms with Crippen molar-refractivity contribution in [2.75, 3.05) is 13.1 Å². The Bertz CT molecular complexity index is 1090. The van der Waals surface area contributed by atoms with Gasteiger partial charge in [0.05, 0.1) is 17.3 Å². The molecule has 7 heteroatoms. The topological polar surface area (TPSA) is 82.5 Å². The Morgan fingerprint density at radius 3 is 2.34 bits per heavy atom. The lowest BCUT2D eigenvalue weighted by Crippen LogP contribution is -2.42. The SMILES string of the molecule is O=C(N/C(=C\c1ccccc1)C(=O)N1CCC(c2nc(CO)cs2)CC1)c1ccccc1. The van der Waals surface area contributed by atoms with Crippen LogP contribution in [0.25, 0.3) is 6.08 Å². The summed E-state index contributed by atoms with van der Waals surface area (Å²) in [5, 5.41) is 15.0. The highest BCUT2D eigenvalue weighted by molar-refractivity contribution is 7.09. The summed E-state index contributed by atoms with van der Waals surface area (Å²) < 4.78 is 0. The van der Waals surface area contributed by atoms with Crippen molar-refractivity contribution in [2.45, 2.75) is 25.4 Å². The molecule has 0 bridgehead atoms. The number of hydrogen-bond acceptors (Lipinski definition) is 5. The summed E-state index contributed by atoms with van der Waals surface area (Å²) in [4.78, 5) is 32.4. The van der Waals surface area contributed by atoms with Crippen molar-refractivity contribution in [2.24, 2.45) is 0 Å². The molecule has 0 unspecified atom stereocenters. The zero-order valence-electron chi connectivity index (χ0n) is 17.6. The molecule has 1 aliphatic heterocycles. The molecule has 32 heavy (non-hydrogen) atoms. The molecule has 2 heterocycles. The average Bonchev–Trinajstić information content (AvgIpc) is 3.34. The normalized spacial score (nSPS) is 14.9. The summed E-state index contributed by atoms with van der Waals surface area (Å²) in [6.45, 7) is 1.12. The van der Waals surface area contributed by atoms with Crippen LogP contribution in [0.15, 0.2) is 71.7 Å². The number of thiazole rings is 1. The summed E-state index contributed by atoms with van der Waals surface area (Å²) in [6, 6.07) is 18.4. The molecule has 2 N–H and O–H groups in total. The Hall–Kier alpha value is -3.29. The van der Waals surface area contributed by atoms with Gasteiger partial charge in [-0.1, -0.05) is 48.5 Å². The van der Waals surface area contributed by atoms with Crippen molar-refractivity contribution < 1.29 is 14.7 Å². The fraction of sp³-hybridized carbons (Fsp3) is 0.240. The lowest BCUT2D eigenvalue weighted by molar-refractivity contribution is -0.128. The van der Waals surface area contributed by atoms with Crippen LogP contribution in [0.5, 0.6) is 0 Å². The van der Waals surface area contributed by atoms with Gasteiger partial charge >= 0.3 is 0 Å². The molecule has 2 amide bonds. The number of aromatic nitrogens is 1. The number of hydrogen-bond donors (Lipinski definition) is 2. The number of amides is 2. The number of nitrogens with one attached hydrogen (secondary N) is 1. The second-order valence-corrected chi connectivity index (χ2v) is 8.58. The van der Waals surface area contributed by atoms with E-state index in [2.05, 4.69) is 10.3 Å². The molecule has 4 rings (SSSR count). The van der Waals surface area contributed by atoms with Crippen molar-refractivity contribution in [1.82, 2.24) is 15.2 Å². The van der Waals surface area contributed by atoms with Crippen LogP contribution in [0.4, 0.5) is 0 Å². The Morgan fingerprint density at radius 1 is 1.06 bits per heavy atom. The average molecular weight is 448 g/mol. The second kappa shape index (κ2) is 10.3. The zero-order chi connectivity index (χ0) is 22.3. The maximum atomic E-state index is 13.4. The molecule has 0 atom stereocenters. The summed E-state index contributed by atoms with van der Waals surface area (Å²) in [5.41, 5.74) is 2.31. The number of aliphatic hydroxyl groups excluding tert-OH is 1. The summed E-state index contributed by atoms with van der Waals surface area (Å²) >= 11 is 1.56. The number of piperidine rings is 1. The number of carbonyl (C=O) groups is 2. The maximum absolute atomic E-state index is 13.4. The minimum absolute atomic E-state index is 0.0530. The lowest BCUT2D eigenvalue weighted by Gasteiger charge is -2.31. The van der Waals surface area contributed by atoms with Gasteiger partial charge in [0.2, 0.25) is 0 Å². The molecule has 164 valence electrons. The van der Waals surface area contributed by atoms with Crippen LogP contribution in [-0.2, 0) is 11.4 Å². The third-order valence-corrected chi connectivity index (χ3v) is 6.54. The third kappa shape index (κ3) is 5.30. The summed E-state index contributed by atoms with van der Waals surface area (Å²) in [7, 11) is 0. The van der Waals surface area contributed by atoms with Crippen molar-refractivity contribution in [3.8, 4) is 0 Å². The second-order valence-electron chi connectivity index (χ2n) is 7.69. The Labute approximate surface area is 191 Å². The summed E-state index contributed by atoms with van der Waals surface area (Å²) in [6.07, 6.45) is 3.33. The fourth-order valence-electron chi connectivity index (χ4n) is 3.73. The van der Waals surface area contributed by atoms with Gasteiger partial charge in [-0.3, -0.25) is 9.59 Å². The Balaban J connectivity index is 1.49. The van der Waals surface area contributed by atoms with Crippen molar-refractivity contribution >= 4 is 29.2 Å². The predicted molar refractivity (Wildman–Crippen MR) is 125 cm³/mol. The first kappa shape index (κ1) is 21.9. The molecule has 1 aromatic heterocycles. The molecule has 0 aliphatic carbocycles. The van der Waals surface area contributed by atoms with Crippen molar-refractivity contribution in [3.05, 3.63) is 93.6 Å². The molecule has 2 aromatic carbocycles. The molecule has 0 spiro atoms. The molecule has 0 radical (unpaired) electrons. The number of carbonyl (C=O) groups excluding carboxylic acids is 2. The van der Waals surface area contributed by atoms with E-state index in [0.29, 0.717) is 24.3 Å². The zero-order valence-corrected chi connectivity index (χ0v) is 18.4. The van der Waals surface area contributed by atoms with E-state index in [1.165, 1.54) is 0 Å². The van der Waals surface area contributed by atoms with Crippen LogP contribution in [0, 0.1) is 0 Å². The van der Waals surface area contributed by atoms with E-state index in [9.17, 15) is 14.7 Å². The molecular formula is C25H25N3O3S. The quantitative estimate of drug-likeness (QED) is 0.563. The third-order valence-electron chi connectivity index (χ3n) is 5.49. The van der Waals surface area contributed by atoms with Crippen LogP contribution in [0.3, 0.4) is 0 Å². The van der Waals surface area contributed by atoms with Gasteiger partial charge in [-0.15, -0.1) is 11.3 Å². The molecule has 1 fully saturated rings. The van der Waals surface area contributed by atoms with Crippen LogP contribution >= 0.6 is 11.3 Å². The first-order chi connectivity index (χ1) is 15.6. The van der Waals surface area contributed by atoms with Gasteiger partial charge in [-0.05, 0) is 36.6 Å². The number of nitrogens with zero attached hydrogens (tertiary/aromatic N) is 2. The van der Waals surface area contributed by atoms with Crippen LogP contribution in [-0.4, -0.2) is 39.9 Å². The van der Waals surface area contributed by atoms with Gasteiger partial charge in [0.1, 0.15) is 5.70 Å². The van der Waals surface area contributed by atoms with E-state index < -0.39 is 0 Å². The minimum atomic E-state index is -0.310. The van der Waals surface area contributed by atoms with E-state index in [1.807, 2.05) is 41.8 Å². The molecule has 6 nitrogen and oxygen atoms in total. The van der Waals surface area contributed by atoms with Crippen molar-refractivity contribution in [3.63, 3.8) is 0 Å². The van der Waals surface area contributed by atoms with Crippen LogP contribution in [0.2, 0.25) is 0 Å². The highest BCUT2D eigenvalue weighted by atomic mass is 32.1. The molecule has 0 saturated carbocycles. The van der Waals surface area contributed by atoms with Crippen LogP contribution < -0.4 is 5.32 Å². The van der Waals surface area contributed by atoms with E-state index >= 15 is 0 Å². The van der Waals surface area contributed by atoms with Gasteiger partial charge in [-0.2, -0.15) is 0 Å². The first-order valence-electron chi connectivity index (χ1n) is 10.6. The van der Waals surface area contributed by atoms with Gasteiger partial charge in [0.25, 0.3) is 11.8 Å². The van der Waals surface area contributed by atoms with E-state index in [0.717, 1.165) is 23.4 Å². The summed E-state index contributed by atoms with van der Waals surface area (Å²) in [5.74, 6) is -0.216. The van der Waals surface area contributed by atoms with Gasteiger partial charge in [-0.25, -0.2) is 4.98 Å². The highest BCUT2D eigenvalue weighted by Gasteiger charge is 2.28. The largest absolute Gasteiger partial charge is 0.390 e. The highest BCUT2D eigenvalue weighted by Crippen LogP contribution is 2.30. The maximum Gasteiger partial charge on any atom is 0.270 e. The smallest absolute Gasteiger partial charge is 0.270 e. The number of rotatable bonds is 6. The first-order valence-corrected chi connectivity index (χ1v) is 11.5. The van der Waals surface area contributed by atoms with E-state index in [1.54, 1.807) is 46.6 Å². The Morgan fingerprint density at radius 2 is 1.72 bits per heavy atom. The lowest BCUT2D eigenvalue weighted by atomic mass is 9.97. The van der Waals surface area contributed by atoms with Gasteiger partial charge in [0, 0.05) is 30.0 Å². The standard InChI is InChI=1S/C25H25N3O3S/c29-16-21-17-32-24(26-21)20-11-13-28(14-12-20)25(31)22(15-18-7-3-1-4-8-18)27-23(30)19-9-5-2-6-10-19/h1-10,15,17,20,29H,11-14,16H2,(H,27,30)/b22-15-. The van der Waals surface area contributed by atoms with E-state index in [-0.39, 0.29) is 30.0 Å². The van der Waals surface area contributed by atoms with Crippen LogP contribution in [0.1, 0.15) is 45.4 Å². The molecule has 1 saturated heterocycles. The Kier molecular flexibility index (Phi) is 7.09. The van der Waals surface area contributed by atoms with Gasteiger partial charge < -0.3 is 15.3 Å². The predicted octanol–water partition coefficient (Wildman–Crippen LogP) is 3.81. The van der Waals surface area contributed by atoms with Gasteiger partial charge in [0.15, 0.2) is 0 Å². The van der Waals surface area contributed by atoms with Crippen molar-refractivity contribution in [1.29, 1.82) is 0 Å². The molecule has 1 aliphatic rings. The molecular weight excluding hydrogens is 422 g/mol. The fourth-order valence-corrected chi connectivity index (χ4v) is 4.72. The minimum Gasteiger partial charge on any atom is -0.390 e. The monoisotopic (exact) mass is 447 g/mol.